The minimum atomic E-state index is -0.693. The van der Waals surface area contributed by atoms with Gasteiger partial charge in [0.2, 0.25) is 0 Å². The number of hydrogen-bond acceptors (Lipinski definition) is 1. The highest BCUT2D eigenvalue weighted by atomic mass is 16.4. The first-order valence-corrected chi connectivity index (χ1v) is 5.23. The van der Waals surface area contributed by atoms with Gasteiger partial charge in [-0.25, -0.2) is 0 Å². The highest BCUT2D eigenvalue weighted by Gasteiger charge is 2.04. The first-order chi connectivity index (χ1) is 7.24. The lowest BCUT2D eigenvalue weighted by Crippen LogP contribution is -1.91. The van der Waals surface area contributed by atoms with Gasteiger partial charge in [-0.1, -0.05) is 49.8 Å². The van der Waals surface area contributed by atoms with E-state index in [1.807, 2.05) is 6.92 Å². The fourth-order valence-corrected chi connectivity index (χ4v) is 1.33. The van der Waals surface area contributed by atoms with Gasteiger partial charge in [0.1, 0.15) is 0 Å². The average Bonchev–Trinajstić information content (AvgIpc) is 2.76. The Labute approximate surface area is 90.3 Å². The molecule has 0 bridgehead atoms. The highest BCUT2D eigenvalue weighted by Crippen LogP contribution is 2.23. The summed E-state index contributed by atoms with van der Waals surface area (Å²) < 4.78 is 0. The van der Waals surface area contributed by atoms with E-state index in [1.54, 1.807) is 0 Å². The van der Waals surface area contributed by atoms with Crippen molar-refractivity contribution in [1.82, 2.24) is 0 Å². The van der Waals surface area contributed by atoms with E-state index in [0.29, 0.717) is 6.42 Å². The van der Waals surface area contributed by atoms with E-state index >= 15 is 0 Å². The van der Waals surface area contributed by atoms with Crippen molar-refractivity contribution in [2.45, 2.75) is 26.2 Å². The largest absolute Gasteiger partial charge is 0.481 e. The number of carbonyl (C=O) groups is 1. The molecule has 0 spiro atoms. The molecule has 0 aromatic heterocycles. The summed E-state index contributed by atoms with van der Waals surface area (Å²) in [7, 11) is 0. The van der Waals surface area contributed by atoms with Crippen LogP contribution in [-0.2, 0) is 4.79 Å². The number of fused-ring (bicyclic) bond motifs is 1. The van der Waals surface area contributed by atoms with Crippen LogP contribution in [0.5, 0.6) is 0 Å². The van der Waals surface area contributed by atoms with Crippen molar-refractivity contribution < 1.29 is 9.90 Å². The Morgan fingerprint density at radius 2 is 1.73 bits per heavy atom. The molecule has 0 aliphatic heterocycles. The van der Waals surface area contributed by atoms with Crippen LogP contribution in [0.3, 0.4) is 0 Å². The van der Waals surface area contributed by atoms with Crippen LogP contribution in [0.4, 0.5) is 0 Å². The van der Waals surface area contributed by atoms with Gasteiger partial charge in [-0.3, -0.25) is 4.79 Å². The molecule has 0 amide bonds. The van der Waals surface area contributed by atoms with Crippen molar-refractivity contribution in [3.8, 4) is 0 Å². The summed E-state index contributed by atoms with van der Waals surface area (Å²) in [6.07, 6.45) is 14.7. The Bertz CT molecular complexity index is 318. The number of carboxylic acid groups (broad SMARTS) is 1. The SMILES string of the molecule is C1=CC2=CC=CC2=C1.CCCCC(=O)O. The van der Waals surface area contributed by atoms with E-state index in [1.165, 1.54) is 11.1 Å². The standard InChI is InChI=1S/C8H6.C5H10O2/c1-3-7-5-2-6-8(7)4-1;1-2-3-4-5(6)7/h1-6H;2-4H2,1H3,(H,6,7). The second kappa shape index (κ2) is 6.02. The van der Waals surface area contributed by atoms with Gasteiger partial charge < -0.3 is 5.11 Å². The van der Waals surface area contributed by atoms with Gasteiger partial charge in [0.25, 0.3) is 0 Å². The van der Waals surface area contributed by atoms with Gasteiger partial charge in [-0.15, -0.1) is 0 Å². The van der Waals surface area contributed by atoms with Crippen LogP contribution >= 0.6 is 0 Å². The number of aliphatic carboxylic acids is 1. The van der Waals surface area contributed by atoms with Crippen molar-refractivity contribution in [3.05, 3.63) is 47.6 Å². The summed E-state index contributed by atoms with van der Waals surface area (Å²) in [5.74, 6) is -0.693. The summed E-state index contributed by atoms with van der Waals surface area (Å²) >= 11 is 0. The van der Waals surface area contributed by atoms with Gasteiger partial charge >= 0.3 is 5.97 Å². The first-order valence-electron chi connectivity index (χ1n) is 5.23. The van der Waals surface area contributed by atoms with Crippen molar-refractivity contribution in [3.63, 3.8) is 0 Å². The second-order valence-corrected chi connectivity index (χ2v) is 3.46. The predicted molar refractivity (Wildman–Crippen MR) is 61.6 cm³/mol. The quantitative estimate of drug-likeness (QED) is 0.766. The molecule has 2 heteroatoms. The maximum atomic E-state index is 9.76. The minimum absolute atomic E-state index is 0.316. The fraction of sp³-hybridized carbons (Fsp3) is 0.308. The van der Waals surface area contributed by atoms with Gasteiger partial charge in [0, 0.05) is 6.42 Å². The third-order valence-corrected chi connectivity index (χ3v) is 2.18. The lowest BCUT2D eigenvalue weighted by Gasteiger charge is -1.85. The molecular formula is C13H16O2. The molecule has 0 saturated heterocycles. The third-order valence-electron chi connectivity index (χ3n) is 2.18. The molecule has 0 fully saturated rings. The smallest absolute Gasteiger partial charge is 0.303 e. The Hall–Kier alpha value is -1.57. The third kappa shape index (κ3) is 3.98. The molecule has 1 N–H and O–H groups in total. The molecule has 0 heterocycles. The fourth-order valence-electron chi connectivity index (χ4n) is 1.33. The lowest BCUT2D eigenvalue weighted by molar-refractivity contribution is -0.137. The average molecular weight is 204 g/mol. The lowest BCUT2D eigenvalue weighted by atomic mass is 10.2. The predicted octanol–water partition coefficient (Wildman–Crippen LogP) is 3.24. The molecule has 2 rings (SSSR count). The maximum absolute atomic E-state index is 9.76. The first kappa shape index (κ1) is 11.5. The Morgan fingerprint density at radius 1 is 1.20 bits per heavy atom. The zero-order valence-electron chi connectivity index (χ0n) is 8.94. The molecule has 0 saturated carbocycles. The highest BCUT2D eigenvalue weighted by molar-refractivity contribution is 5.66. The number of unbranched alkanes of at least 4 members (excludes halogenated alkanes) is 1. The molecule has 2 aliphatic rings. The van der Waals surface area contributed by atoms with Gasteiger partial charge in [-0.2, -0.15) is 0 Å². The zero-order chi connectivity index (χ0) is 11.1. The molecule has 2 aliphatic carbocycles. The topological polar surface area (TPSA) is 37.3 Å². The van der Waals surface area contributed by atoms with Gasteiger partial charge in [0.15, 0.2) is 0 Å². The van der Waals surface area contributed by atoms with Gasteiger partial charge in [-0.05, 0) is 17.6 Å². The Morgan fingerprint density at radius 3 is 2.07 bits per heavy atom. The maximum Gasteiger partial charge on any atom is 0.303 e. The van der Waals surface area contributed by atoms with Crippen LogP contribution in [0.2, 0.25) is 0 Å². The molecule has 0 radical (unpaired) electrons. The summed E-state index contributed by atoms with van der Waals surface area (Å²) in [6, 6.07) is 0. The van der Waals surface area contributed by atoms with E-state index < -0.39 is 5.97 Å². The van der Waals surface area contributed by atoms with Crippen LogP contribution in [-0.4, -0.2) is 11.1 Å². The van der Waals surface area contributed by atoms with E-state index in [4.69, 9.17) is 5.11 Å². The normalized spacial score (nSPS) is 15.3. The monoisotopic (exact) mass is 204 g/mol. The molecule has 0 unspecified atom stereocenters. The summed E-state index contributed by atoms with van der Waals surface area (Å²) in [6.45, 7) is 1.98. The number of carboxylic acids is 1. The molecule has 0 aromatic rings. The summed E-state index contributed by atoms with van der Waals surface area (Å²) in [5, 5.41) is 8.04. The molecule has 0 atom stereocenters. The van der Waals surface area contributed by atoms with Crippen LogP contribution in [0.15, 0.2) is 47.6 Å². The van der Waals surface area contributed by atoms with Crippen molar-refractivity contribution in [2.24, 2.45) is 0 Å². The van der Waals surface area contributed by atoms with Crippen molar-refractivity contribution >= 4 is 5.97 Å². The summed E-state index contributed by atoms with van der Waals surface area (Å²) in [4.78, 5) is 9.76. The molecule has 0 aromatic carbocycles. The van der Waals surface area contributed by atoms with E-state index in [9.17, 15) is 4.79 Å². The van der Waals surface area contributed by atoms with Crippen molar-refractivity contribution in [2.75, 3.05) is 0 Å². The zero-order valence-corrected chi connectivity index (χ0v) is 8.94. The molecule has 80 valence electrons. The number of rotatable bonds is 3. The van der Waals surface area contributed by atoms with E-state index in [-0.39, 0.29) is 0 Å². The Balaban J connectivity index is 0.000000153. The number of allylic oxidation sites excluding steroid dienone is 8. The van der Waals surface area contributed by atoms with E-state index in [0.717, 1.165) is 12.8 Å². The summed E-state index contributed by atoms with van der Waals surface area (Å²) in [5.41, 5.74) is 2.70. The molecule has 2 nitrogen and oxygen atoms in total. The van der Waals surface area contributed by atoms with Crippen LogP contribution in [0, 0.1) is 0 Å². The second-order valence-electron chi connectivity index (χ2n) is 3.46. The minimum Gasteiger partial charge on any atom is -0.481 e. The Kier molecular flexibility index (Phi) is 4.61. The van der Waals surface area contributed by atoms with E-state index in [2.05, 4.69) is 36.5 Å². The van der Waals surface area contributed by atoms with Crippen LogP contribution < -0.4 is 0 Å². The molecule has 15 heavy (non-hydrogen) atoms. The van der Waals surface area contributed by atoms with Crippen LogP contribution in [0.1, 0.15) is 26.2 Å². The van der Waals surface area contributed by atoms with Gasteiger partial charge in [0.05, 0.1) is 0 Å². The number of hydrogen-bond donors (Lipinski definition) is 1. The van der Waals surface area contributed by atoms with Crippen molar-refractivity contribution in [1.29, 1.82) is 0 Å². The molecular weight excluding hydrogens is 188 g/mol. The van der Waals surface area contributed by atoms with Crippen LogP contribution in [0.25, 0.3) is 0 Å².